The van der Waals surface area contributed by atoms with E-state index in [0.717, 1.165) is 19.6 Å². The van der Waals surface area contributed by atoms with Crippen molar-refractivity contribution in [2.75, 3.05) is 6.54 Å². The zero-order valence-electron chi connectivity index (χ0n) is 11.4. The molecule has 0 aliphatic heterocycles. The number of hydrogen-bond acceptors (Lipinski definition) is 2. The number of aryl methyl sites for hydroxylation is 3. The van der Waals surface area contributed by atoms with Crippen molar-refractivity contribution in [3.8, 4) is 0 Å². The second kappa shape index (κ2) is 5.83. The predicted molar refractivity (Wildman–Crippen MR) is 74.6 cm³/mol. The molecule has 0 aliphatic carbocycles. The maximum Gasteiger partial charge on any atom is 0.0534 e. The van der Waals surface area contributed by atoms with Gasteiger partial charge in [0.15, 0.2) is 0 Å². The zero-order valence-corrected chi connectivity index (χ0v) is 11.4. The van der Waals surface area contributed by atoms with Crippen molar-refractivity contribution in [1.82, 2.24) is 15.1 Å². The Morgan fingerprint density at radius 2 is 2.00 bits per heavy atom. The fraction of sp³-hybridized carbons (Fsp3) is 0.400. The summed E-state index contributed by atoms with van der Waals surface area (Å²) in [5.41, 5.74) is 5.26. The van der Waals surface area contributed by atoms with Gasteiger partial charge in [-0.1, -0.05) is 23.8 Å². The third-order valence-electron chi connectivity index (χ3n) is 3.10. The molecule has 0 amide bonds. The molecule has 0 aliphatic rings. The Bertz CT molecular complexity index is 514. The van der Waals surface area contributed by atoms with Crippen LogP contribution in [0.4, 0.5) is 0 Å². The van der Waals surface area contributed by atoms with Crippen LogP contribution in [0.25, 0.3) is 0 Å². The van der Waals surface area contributed by atoms with Crippen molar-refractivity contribution in [1.29, 1.82) is 0 Å². The normalized spacial score (nSPS) is 10.8. The smallest absolute Gasteiger partial charge is 0.0534 e. The molecule has 1 aromatic heterocycles. The summed E-state index contributed by atoms with van der Waals surface area (Å²) in [5, 5.41) is 7.74. The fourth-order valence-electron chi connectivity index (χ4n) is 2.00. The van der Waals surface area contributed by atoms with Crippen molar-refractivity contribution in [2.24, 2.45) is 0 Å². The molecular weight excluding hydrogens is 222 g/mol. The van der Waals surface area contributed by atoms with Gasteiger partial charge < -0.3 is 5.32 Å². The molecule has 0 fully saturated rings. The number of aromatic nitrogens is 2. The molecule has 0 saturated heterocycles. The highest BCUT2D eigenvalue weighted by Crippen LogP contribution is 2.09. The summed E-state index contributed by atoms with van der Waals surface area (Å²) in [4.78, 5) is 0. The first-order valence-corrected chi connectivity index (χ1v) is 6.41. The largest absolute Gasteiger partial charge is 0.311 e. The molecule has 0 atom stereocenters. The average molecular weight is 243 g/mol. The standard InChI is InChI=1S/C15H21N3/c1-12-4-5-14(3)15(8-12)10-16-6-7-18-11-13(2)9-17-18/h4-5,8-9,11,16H,6-7,10H2,1-3H3. The van der Waals surface area contributed by atoms with E-state index in [2.05, 4.69) is 55.6 Å². The minimum absolute atomic E-state index is 0.915. The van der Waals surface area contributed by atoms with Crippen LogP contribution in [0.15, 0.2) is 30.6 Å². The molecule has 96 valence electrons. The molecule has 3 heteroatoms. The van der Waals surface area contributed by atoms with Gasteiger partial charge in [0.25, 0.3) is 0 Å². The summed E-state index contributed by atoms with van der Waals surface area (Å²) < 4.78 is 1.98. The zero-order chi connectivity index (χ0) is 13.0. The van der Waals surface area contributed by atoms with E-state index in [9.17, 15) is 0 Å². The predicted octanol–water partition coefficient (Wildman–Crippen LogP) is 2.60. The molecule has 1 heterocycles. The maximum absolute atomic E-state index is 4.27. The van der Waals surface area contributed by atoms with Gasteiger partial charge in [-0.2, -0.15) is 5.10 Å². The second-order valence-corrected chi connectivity index (χ2v) is 4.89. The topological polar surface area (TPSA) is 29.9 Å². The third-order valence-corrected chi connectivity index (χ3v) is 3.10. The van der Waals surface area contributed by atoms with Crippen LogP contribution in [-0.4, -0.2) is 16.3 Å². The lowest BCUT2D eigenvalue weighted by atomic mass is 10.1. The Kier molecular flexibility index (Phi) is 4.15. The van der Waals surface area contributed by atoms with Crippen LogP contribution in [0.5, 0.6) is 0 Å². The Labute approximate surface area is 109 Å². The highest BCUT2D eigenvalue weighted by Gasteiger charge is 1.99. The molecule has 1 aromatic carbocycles. The molecule has 0 radical (unpaired) electrons. The lowest BCUT2D eigenvalue weighted by molar-refractivity contribution is 0.554. The summed E-state index contributed by atoms with van der Waals surface area (Å²) >= 11 is 0. The summed E-state index contributed by atoms with van der Waals surface area (Å²) in [6, 6.07) is 6.59. The molecule has 0 unspecified atom stereocenters. The third kappa shape index (κ3) is 3.44. The quantitative estimate of drug-likeness (QED) is 0.818. The van der Waals surface area contributed by atoms with Crippen LogP contribution in [0, 0.1) is 20.8 Å². The average Bonchev–Trinajstić information content (AvgIpc) is 2.75. The van der Waals surface area contributed by atoms with E-state index in [4.69, 9.17) is 0 Å². The van der Waals surface area contributed by atoms with Gasteiger partial charge in [0.2, 0.25) is 0 Å². The van der Waals surface area contributed by atoms with Gasteiger partial charge in [-0.15, -0.1) is 0 Å². The van der Waals surface area contributed by atoms with Gasteiger partial charge in [0, 0.05) is 19.3 Å². The van der Waals surface area contributed by atoms with Gasteiger partial charge in [-0.3, -0.25) is 4.68 Å². The Balaban J connectivity index is 1.80. The summed E-state index contributed by atoms with van der Waals surface area (Å²) in [7, 11) is 0. The molecule has 0 bridgehead atoms. The van der Waals surface area contributed by atoms with Crippen LogP contribution in [0.1, 0.15) is 22.3 Å². The van der Waals surface area contributed by atoms with E-state index < -0.39 is 0 Å². The minimum atomic E-state index is 0.915. The van der Waals surface area contributed by atoms with Crippen molar-refractivity contribution >= 4 is 0 Å². The van der Waals surface area contributed by atoms with E-state index >= 15 is 0 Å². The SMILES string of the molecule is Cc1ccc(C)c(CNCCn2cc(C)cn2)c1. The Hall–Kier alpha value is -1.61. The van der Waals surface area contributed by atoms with E-state index in [0.29, 0.717) is 0 Å². The lowest BCUT2D eigenvalue weighted by Crippen LogP contribution is -2.20. The number of nitrogens with one attached hydrogen (secondary N) is 1. The van der Waals surface area contributed by atoms with Crippen LogP contribution in [0.2, 0.25) is 0 Å². The maximum atomic E-state index is 4.27. The van der Waals surface area contributed by atoms with Crippen LogP contribution >= 0.6 is 0 Å². The van der Waals surface area contributed by atoms with Gasteiger partial charge in [0.1, 0.15) is 0 Å². The molecule has 0 saturated carbocycles. The summed E-state index contributed by atoms with van der Waals surface area (Å²) in [6.45, 7) is 9.14. The first kappa shape index (κ1) is 12.8. The van der Waals surface area contributed by atoms with Gasteiger partial charge >= 0.3 is 0 Å². The van der Waals surface area contributed by atoms with Gasteiger partial charge in [-0.05, 0) is 37.5 Å². The van der Waals surface area contributed by atoms with Crippen molar-refractivity contribution in [3.05, 3.63) is 52.8 Å². The van der Waals surface area contributed by atoms with E-state index in [1.54, 1.807) is 0 Å². The van der Waals surface area contributed by atoms with Crippen LogP contribution in [0.3, 0.4) is 0 Å². The Morgan fingerprint density at radius 1 is 1.17 bits per heavy atom. The van der Waals surface area contributed by atoms with E-state index in [-0.39, 0.29) is 0 Å². The second-order valence-electron chi connectivity index (χ2n) is 4.89. The molecule has 18 heavy (non-hydrogen) atoms. The van der Waals surface area contributed by atoms with Crippen LogP contribution in [-0.2, 0) is 13.1 Å². The minimum Gasteiger partial charge on any atom is -0.311 e. The molecular formula is C15H21N3. The molecule has 2 rings (SSSR count). The number of rotatable bonds is 5. The van der Waals surface area contributed by atoms with Gasteiger partial charge in [-0.25, -0.2) is 0 Å². The van der Waals surface area contributed by atoms with Crippen molar-refractivity contribution in [2.45, 2.75) is 33.9 Å². The Morgan fingerprint density at radius 3 is 2.72 bits per heavy atom. The van der Waals surface area contributed by atoms with Crippen LogP contribution < -0.4 is 5.32 Å². The summed E-state index contributed by atoms with van der Waals surface area (Å²) in [5.74, 6) is 0. The highest BCUT2D eigenvalue weighted by molar-refractivity contribution is 5.30. The molecule has 3 nitrogen and oxygen atoms in total. The first-order valence-electron chi connectivity index (χ1n) is 6.41. The van der Waals surface area contributed by atoms with E-state index in [1.165, 1.54) is 22.3 Å². The lowest BCUT2D eigenvalue weighted by Gasteiger charge is -2.09. The summed E-state index contributed by atoms with van der Waals surface area (Å²) in [6.07, 6.45) is 3.96. The molecule has 2 aromatic rings. The van der Waals surface area contributed by atoms with Crippen molar-refractivity contribution in [3.63, 3.8) is 0 Å². The van der Waals surface area contributed by atoms with Crippen molar-refractivity contribution < 1.29 is 0 Å². The first-order chi connectivity index (χ1) is 8.65. The van der Waals surface area contributed by atoms with E-state index in [1.807, 2.05) is 10.9 Å². The van der Waals surface area contributed by atoms with Gasteiger partial charge in [0.05, 0.1) is 12.7 Å². The monoisotopic (exact) mass is 243 g/mol. The molecule has 0 spiro atoms. The highest BCUT2D eigenvalue weighted by atomic mass is 15.3. The number of nitrogens with zero attached hydrogens (tertiary/aromatic N) is 2. The molecule has 1 N–H and O–H groups in total. The fourth-order valence-corrected chi connectivity index (χ4v) is 2.00. The number of hydrogen-bond donors (Lipinski definition) is 1. The number of benzene rings is 1.